The summed E-state index contributed by atoms with van der Waals surface area (Å²) in [4.78, 5) is 16.8. The molecule has 2 rings (SSSR count). The van der Waals surface area contributed by atoms with Crippen molar-refractivity contribution < 1.29 is 4.79 Å². The number of hydrogen-bond acceptors (Lipinski definition) is 4. The third-order valence-electron chi connectivity index (χ3n) is 3.00. The molecule has 4 nitrogen and oxygen atoms in total. The van der Waals surface area contributed by atoms with Crippen LogP contribution in [0.2, 0.25) is 0 Å². The minimum atomic E-state index is -0.0861. The first-order chi connectivity index (χ1) is 9.24. The van der Waals surface area contributed by atoms with Crippen LogP contribution in [0.25, 0.3) is 10.2 Å². The van der Waals surface area contributed by atoms with Gasteiger partial charge in [-0.3, -0.25) is 9.78 Å². The highest BCUT2D eigenvalue weighted by Gasteiger charge is 2.16. The number of nitrogens with one attached hydrogen (secondary N) is 1. The Hall–Kier alpha value is -1.62. The van der Waals surface area contributed by atoms with Crippen LogP contribution < -0.4 is 11.1 Å². The first-order valence-electron chi connectivity index (χ1n) is 6.65. The normalized spacial score (nSPS) is 10.8. The Morgan fingerprint density at radius 3 is 3.00 bits per heavy atom. The first kappa shape index (κ1) is 13.8. The number of unbranched alkanes of at least 4 members (excludes halogenated alkanes) is 3. The summed E-state index contributed by atoms with van der Waals surface area (Å²) < 4.78 is 0.955. The number of carbonyl (C=O) groups excluding carboxylic acids is 1. The molecule has 0 aliphatic heterocycles. The van der Waals surface area contributed by atoms with E-state index in [1.165, 1.54) is 24.2 Å². The van der Waals surface area contributed by atoms with Crippen LogP contribution in [-0.4, -0.2) is 17.4 Å². The van der Waals surface area contributed by atoms with E-state index in [0.29, 0.717) is 17.1 Å². The maximum absolute atomic E-state index is 12.1. The van der Waals surface area contributed by atoms with E-state index in [4.69, 9.17) is 5.73 Å². The van der Waals surface area contributed by atoms with Crippen molar-refractivity contribution in [1.82, 2.24) is 10.3 Å². The van der Waals surface area contributed by atoms with E-state index in [0.717, 1.165) is 23.1 Å². The summed E-state index contributed by atoms with van der Waals surface area (Å²) in [6.07, 6.45) is 6.27. The average Bonchev–Trinajstić information content (AvgIpc) is 2.76. The number of thiophene rings is 1. The van der Waals surface area contributed by atoms with Crippen molar-refractivity contribution in [2.75, 3.05) is 12.3 Å². The largest absolute Gasteiger partial charge is 0.396 e. The molecule has 102 valence electrons. The number of nitrogens with two attached hydrogens (primary N) is 1. The van der Waals surface area contributed by atoms with Crippen molar-refractivity contribution in [1.29, 1.82) is 0 Å². The van der Waals surface area contributed by atoms with E-state index in [9.17, 15) is 4.79 Å². The van der Waals surface area contributed by atoms with Crippen LogP contribution in [-0.2, 0) is 0 Å². The summed E-state index contributed by atoms with van der Waals surface area (Å²) >= 11 is 1.40. The molecule has 0 aliphatic rings. The molecule has 0 saturated carbocycles. The number of hydrogen-bond donors (Lipinski definition) is 2. The highest BCUT2D eigenvalue weighted by Crippen LogP contribution is 2.31. The minimum absolute atomic E-state index is 0.0861. The third kappa shape index (κ3) is 3.23. The van der Waals surface area contributed by atoms with Crippen molar-refractivity contribution >= 4 is 33.1 Å². The van der Waals surface area contributed by atoms with Crippen molar-refractivity contribution in [3.05, 3.63) is 23.2 Å². The van der Waals surface area contributed by atoms with Gasteiger partial charge in [0.1, 0.15) is 10.4 Å². The molecule has 0 fully saturated rings. The van der Waals surface area contributed by atoms with Gasteiger partial charge >= 0.3 is 0 Å². The fourth-order valence-corrected chi connectivity index (χ4v) is 2.95. The summed E-state index contributed by atoms with van der Waals surface area (Å²) in [6, 6.07) is 3.78. The minimum Gasteiger partial charge on any atom is -0.396 e. The fraction of sp³-hybridized carbons (Fsp3) is 0.429. The zero-order valence-corrected chi connectivity index (χ0v) is 11.9. The second-order valence-corrected chi connectivity index (χ2v) is 5.56. The molecule has 0 saturated heterocycles. The van der Waals surface area contributed by atoms with Crippen LogP contribution in [0.1, 0.15) is 42.3 Å². The number of rotatable bonds is 6. The summed E-state index contributed by atoms with van der Waals surface area (Å²) in [7, 11) is 0. The van der Waals surface area contributed by atoms with Gasteiger partial charge in [-0.05, 0) is 18.6 Å². The Labute approximate surface area is 117 Å². The molecule has 0 bridgehead atoms. The molecule has 2 aromatic rings. The lowest BCUT2D eigenvalue weighted by Gasteiger charge is -2.03. The molecular weight excluding hydrogens is 258 g/mol. The van der Waals surface area contributed by atoms with Crippen LogP contribution in [0.4, 0.5) is 5.69 Å². The van der Waals surface area contributed by atoms with Gasteiger partial charge in [-0.1, -0.05) is 26.2 Å². The zero-order valence-electron chi connectivity index (χ0n) is 11.1. The molecule has 3 N–H and O–H groups in total. The van der Waals surface area contributed by atoms with E-state index in [1.807, 2.05) is 12.1 Å². The summed E-state index contributed by atoms with van der Waals surface area (Å²) in [6.45, 7) is 2.88. The summed E-state index contributed by atoms with van der Waals surface area (Å²) in [5.41, 5.74) is 7.20. The Balaban J connectivity index is 1.99. The number of nitrogens with zero attached hydrogens (tertiary/aromatic N) is 1. The van der Waals surface area contributed by atoms with Gasteiger partial charge in [0.05, 0.1) is 10.4 Å². The average molecular weight is 277 g/mol. The number of fused-ring (bicyclic) bond motifs is 1. The van der Waals surface area contributed by atoms with Gasteiger partial charge in [0, 0.05) is 12.7 Å². The van der Waals surface area contributed by atoms with E-state index >= 15 is 0 Å². The molecule has 0 aliphatic carbocycles. The molecule has 0 unspecified atom stereocenters. The number of carbonyl (C=O) groups is 1. The molecule has 0 atom stereocenters. The summed E-state index contributed by atoms with van der Waals surface area (Å²) in [5, 5.41) is 2.92. The van der Waals surface area contributed by atoms with Crippen LogP contribution >= 0.6 is 11.3 Å². The second-order valence-electron chi connectivity index (χ2n) is 4.51. The van der Waals surface area contributed by atoms with Crippen molar-refractivity contribution in [2.24, 2.45) is 0 Å². The molecule has 19 heavy (non-hydrogen) atoms. The fourth-order valence-electron chi connectivity index (χ4n) is 1.95. The lowest BCUT2D eigenvalue weighted by atomic mass is 10.2. The number of pyridine rings is 1. The molecule has 2 heterocycles. The number of amides is 1. The van der Waals surface area contributed by atoms with Crippen LogP contribution in [0, 0.1) is 0 Å². The zero-order chi connectivity index (χ0) is 13.7. The Morgan fingerprint density at radius 2 is 2.26 bits per heavy atom. The standard InChI is InChI=1S/C14H19N3OS/c1-2-3-4-5-8-17-14(18)13-11(15)12-10(19-13)7-6-9-16-12/h6-7,9H,2-5,8,15H2,1H3,(H,17,18). The van der Waals surface area contributed by atoms with Crippen molar-refractivity contribution in [2.45, 2.75) is 32.6 Å². The predicted molar refractivity (Wildman–Crippen MR) is 80.5 cm³/mol. The molecular formula is C14H19N3OS. The maximum atomic E-state index is 12.1. The van der Waals surface area contributed by atoms with E-state index in [-0.39, 0.29) is 5.91 Å². The van der Waals surface area contributed by atoms with Crippen molar-refractivity contribution in [3.63, 3.8) is 0 Å². The summed E-state index contributed by atoms with van der Waals surface area (Å²) in [5.74, 6) is -0.0861. The molecule has 5 heteroatoms. The Kier molecular flexibility index (Phi) is 4.74. The molecule has 2 aromatic heterocycles. The van der Waals surface area contributed by atoms with E-state index < -0.39 is 0 Å². The molecule has 1 amide bonds. The number of nitrogen functional groups attached to an aromatic ring is 1. The van der Waals surface area contributed by atoms with E-state index in [1.54, 1.807) is 6.20 Å². The first-order valence-corrected chi connectivity index (χ1v) is 7.47. The van der Waals surface area contributed by atoms with Crippen LogP contribution in [0.5, 0.6) is 0 Å². The second kappa shape index (κ2) is 6.52. The lowest BCUT2D eigenvalue weighted by molar-refractivity contribution is 0.0958. The highest BCUT2D eigenvalue weighted by atomic mass is 32.1. The van der Waals surface area contributed by atoms with Crippen LogP contribution in [0.3, 0.4) is 0 Å². The molecule has 0 spiro atoms. The van der Waals surface area contributed by atoms with Gasteiger partial charge in [0.15, 0.2) is 0 Å². The molecule has 0 aromatic carbocycles. The van der Waals surface area contributed by atoms with E-state index in [2.05, 4.69) is 17.2 Å². The smallest absolute Gasteiger partial charge is 0.263 e. The topological polar surface area (TPSA) is 68.0 Å². The van der Waals surface area contributed by atoms with Gasteiger partial charge in [-0.2, -0.15) is 0 Å². The monoisotopic (exact) mass is 277 g/mol. The Morgan fingerprint density at radius 1 is 1.42 bits per heavy atom. The number of anilines is 1. The van der Waals surface area contributed by atoms with Gasteiger partial charge in [-0.15, -0.1) is 11.3 Å². The molecule has 0 radical (unpaired) electrons. The van der Waals surface area contributed by atoms with Crippen LogP contribution in [0.15, 0.2) is 18.3 Å². The van der Waals surface area contributed by atoms with Gasteiger partial charge in [0.25, 0.3) is 5.91 Å². The van der Waals surface area contributed by atoms with Gasteiger partial charge in [-0.25, -0.2) is 0 Å². The predicted octanol–water partition coefficient (Wildman–Crippen LogP) is 3.19. The Bertz CT molecular complexity index is 565. The quantitative estimate of drug-likeness (QED) is 0.797. The van der Waals surface area contributed by atoms with Gasteiger partial charge < -0.3 is 11.1 Å². The number of aromatic nitrogens is 1. The highest BCUT2D eigenvalue weighted by molar-refractivity contribution is 7.21. The third-order valence-corrected chi connectivity index (χ3v) is 4.16. The van der Waals surface area contributed by atoms with Gasteiger partial charge in [0.2, 0.25) is 0 Å². The lowest BCUT2D eigenvalue weighted by Crippen LogP contribution is -2.24. The SMILES string of the molecule is CCCCCCNC(=O)c1sc2cccnc2c1N. The maximum Gasteiger partial charge on any atom is 0.263 e. The van der Waals surface area contributed by atoms with Crippen molar-refractivity contribution in [3.8, 4) is 0 Å².